The lowest BCUT2D eigenvalue weighted by Gasteiger charge is -2.16. The lowest BCUT2D eigenvalue weighted by Crippen LogP contribution is -2.40. The molecule has 1 aromatic rings. The minimum absolute atomic E-state index is 0.0737. The zero-order chi connectivity index (χ0) is 11.6. The van der Waals surface area contributed by atoms with E-state index in [0.717, 1.165) is 11.1 Å². The van der Waals surface area contributed by atoms with Crippen molar-refractivity contribution in [2.45, 2.75) is 6.04 Å². The minimum atomic E-state index is -0.932. The summed E-state index contributed by atoms with van der Waals surface area (Å²) in [6.45, 7) is 0. The normalized spacial score (nSPS) is 12.3. The molecule has 0 fully saturated rings. The van der Waals surface area contributed by atoms with Crippen LogP contribution in [0.4, 0.5) is 4.39 Å². The first-order valence-electron chi connectivity index (χ1n) is 4.16. The number of amides is 1. The second kappa shape index (κ2) is 4.57. The van der Waals surface area contributed by atoms with Gasteiger partial charge >= 0.3 is 0 Å². The molecule has 0 bridgehead atoms. The van der Waals surface area contributed by atoms with Gasteiger partial charge in [-0.25, -0.2) is 10.2 Å². The Morgan fingerprint density at radius 2 is 2.20 bits per heavy atom. The molecule has 82 valence electrons. The SMILES string of the molecule is CN(N)C(=O)C(N)c1ccc(F)c(Cl)c1. The monoisotopic (exact) mass is 231 g/mol. The minimum Gasteiger partial charge on any atom is -0.316 e. The van der Waals surface area contributed by atoms with Gasteiger partial charge < -0.3 is 5.73 Å². The number of hydrogen-bond acceptors (Lipinski definition) is 3. The summed E-state index contributed by atoms with van der Waals surface area (Å²) in [5.41, 5.74) is 6.03. The fourth-order valence-corrected chi connectivity index (χ4v) is 1.26. The van der Waals surface area contributed by atoms with Crippen LogP contribution in [0.2, 0.25) is 5.02 Å². The molecule has 0 aromatic heterocycles. The lowest BCUT2D eigenvalue weighted by molar-refractivity contribution is -0.131. The van der Waals surface area contributed by atoms with Crippen molar-refractivity contribution in [2.24, 2.45) is 11.6 Å². The number of nitrogens with zero attached hydrogens (tertiary/aromatic N) is 1. The Morgan fingerprint density at radius 3 is 2.67 bits per heavy atom. The molecule has 0 spiro atoms. The van der Waals surface area contributed by atoms with Crippen molar-refractivity contribution in [1.82, 2.24) is 5.01 Å². The smallest absolute Gasteiger partial charge is 0.257 e. The maximum absolute atomic E-state index is 12.8. The molecule has 0 radical (unpaired) electrons. The largest absolute Gasteiger partial charge is 0.316 e. The number of nitrogens with two attached hydrogens (primary N) is 2. The van der Waals surface area contributed by atoms with Crippen LogP contribution in [0.3, 0.4) is 0 Å². The zero-order valence-electron chi connectivity index (χ0n) is 8.08. The lowest BCUT2D eigenvalue weighted by atomic mass is 10.1. The Balaban J connectivity index is 2.97. The van der Waals surface area contributed by atoms with E-state index in [-0.39, 0.29) is 5.02 Å². The van der Waals surface area contributed by atoms with E-state index in [1.807, 2.05) is 0 Å². The predicted octanol–water partition coefficient (Wildman–Crippen LogP) is 0.811. The fourth-order valence-electron chi connectivity index (χ4n) is 1.07. The van der Waals surface area contributed by atoms with Gasteiger partial charge in [0.2, 0.25) is 0 Å². The number of benzene rings is 1. The zero-order valence-corrected chi connectivity index (χ0v) is 8.83. The van der Waals surface area contributed by atoms with Crippen molar-refractivity contribution >= 4 is 17.5 Å². The quantitative estimate of drug-likeness (QED) is 0.450. The van der Waals surface area contributed by atoms with E-state index in [9.17, 15) is 9.18 Å². The molecule has 4 nitrogen and oxygen atoms in total. The molecule has 1 unspecified atom stereocenters. The molecule has 1 atom stereocenters. The molecule has 0 aliphatic rings. The van der Waals surface area contributed by atoms with Crippen LogP contribution in [-0.4, -0.2) is 18.0 Å². The van der Waals surface area contributed by atoms with Crippen LogP contribution < -0.4 is 11.6 Å². The molecule has 15 heavy (non-hydrogen) atoms. The highest BCUT2D eigenvalue weighted by molar-refractivity contribution is 6.30. The third-order valence-corrected chi connectivity index (χ3v) is 2.21. The first kappa shape index (κ1) is 11.9. The van der Waals surface area contributed by atoms with E-state index in [1.165, 1.54) is 19.2 Å². The molecular weight excluding hydrogens is 221 g/mol. The van der Waals surface area contributed by atoms with Gasteiger partial charge in [0.15, 0.2) is 0 Å². The second-order valence-corrected chi connectivity index (χ2v) is 3.51. The number of carbonyl (C=O) groups excluding carboxylic acids is 1. The molecular formula is C9H11ClFN3O. The number of halogens is 2. The van der Waals surface area contributed by atoms with Gasteiger partial charge in [-0.15, -0.1) is 0 Å². The summed E-state index contributed by atoms with van der Waals surface area (Å²) in [7, 11) is 1.38. The van der Waals surface area contributed by atoms with Crippen molar-refractivity contribution < 1.29 is 9.18 Å². The van der Waals surface area contributed by atoms with Crippen LogP contribution in [-0.2, 0) is 4.79 Å². The summed E-state index contributed by atoms with van der Waals surface area (Å²) >= 11 is 5.56. The fraction of sp³-hybridized carbons (Fsp3) is 0.222. The van der Waals surface area contributed by atoms with E-state index >= 15 is 0 Å². The third-order valence-electron chi connectivity index (χ3n) is 1.92. The van der Waals surface area contributed by atoms with Gasteiger partial charge in [0.05, 0.1) is 5.02 Å². The van der Waals surface area contributed by atoms with Crippen LogP contribution in [0.25, 0.3) is 0 Å². The predicted molar refractivity (Wildman–Crippen MR) is 55.3 cm³/mol. The van der Waals surface area contributed by atoms with E-state index in [2.05, 4.69) is 0 Å². The molecule has 0 heterocycles. The van der Waals surface area contributed by atoms with Crippen molar-refractivity contribution in [3.05, 3.63) is 34.6 Å². The summed E-state index contributed by atoms with van der Waals surface area (Å²) in [6, 6.07) is 2.93. The Bertz CT molecular complexity index is 384. The molecule has 1 amide bonds. The van der Waals surface area contributed by atoms with Crippen LogP contribution >= 0.6 is 11.6 Å². The highest BCUT2D eigenvalue weighted by Gasteiger charge is 2.18. The van der Waals surface area contributed by atoms with Crippen LogP contribution in [0.15, 0.2) is 18.2 Å². The van der Waals surface area contributed by atoms with Crippen molar-refractivity contribution in [3.8, 4) is 0 Å². The Hall–Kier alpha value is -1.17. The molecule has 0 aliphatic heterocycles. The first-order chi connectivity index (χ1) is 6.93. The molecule has 0 aliphatic carbocycles. The Morgan fingerprint density at radius 1 is 1.60 bits per heavy atom. The van der Waals surface area contributed by atoms with Gasteiger partial charge in [0.1, 0.15) is 11.9 Å². The molecule has 1 rings (SSSR count). The second-order valence-electron chi connectivity index (χ2n) is 3.10. The Labute approximate surface area is 91.6 Å². The average molecular weight is 232 g/mol. The number of carbonyl (C=O) groups is 1. The van der Waals surface area contributed by atoms with Gasteiger partial charge in [0, 0.05) is 7.05 Å². The van der Waals surface area contributed by atoms with Gasteiger partial charge in [-0.2, -0.15) is 0 Å². The average Bonchev–Trinajstić information content (AvgIpc) is 2.19. The van der Waals surface area contributed by atoms with E-state index in [4.69, 9.17) is 23.2 Å². The van der Waals surface area contributed by atoms with Gasteiger partial charge in [-0.05, 0) is 17.7 Å². The maximum Gasteiger partial charge on any atom is 0.257 e. The molecule has 6 heteroatoms. The first-order valence-corrected chi connectivity index (χ1v) is 4.54. The Kier molecular flexibility index (Phi) is 3.62. The molecule has 0 saturated carbocycles. The molecule has 1 aromatic carbocycles. The summed E-state index contributed by atoms with van der Waals surface area (Å²) in [5.74, 6) is 4.21. The topological polar surface area (TPSA) is 72.3 Å². The van der Waals surface area contributed by atoms with Crippen LogP contribution in [0.1, 0.15) is 11.6 Å². The van der Waals surface area contributed by atoms with Crippen molar-refractivity contribution in [2.75, 3.05) is 7.05 Å². The standard InChI is InChI=1S/C9H11ClFN3O/c1-14(13)9(15)8(12)5-2-3-7(11)6(10)4-5/h2-4,8H,12-13H2,1H3. The van der Waals surface area contributed by atoms with E-state index in [1.54, 1.807) is 0 Å². The van der Waals surface area contributed by atoms with Gasteiger partial charge in [-0.1, -0.05) is 17.7 Å². The van der Waals surface area contributed by atoms with Crippen molar-refractivity contribution in [3.63, 3.8) is 0 Å². The molecule has 0 saturated heterocycles. The highest BCUT2D eigenvalue weighted by atomic mass is 35.5. The van der Waals surface area contributed by atoms with Gasteiger partial charge in [-0.3, -0.25) is 9.80 Å². The highest BCUT2D eigenvalue weighted by Crippen LogP contribution is 2.20. The summed E-state index contributed by atoms with van der Waals surface area (Å²) < 4.78 is 12.8. The summed E-state index contributed by atoms with van der Waals surface area (Å²) in [5, 5.41) is 0.803. The summed E-state index contributed by atoms with van der Waals surface area (Å²) in [6.07, 6.45) is 0. The van der Waals surface area contributed by atoms with Gasteiger partial charge in [0.25, 0.3) is 5.91 Å². The number of likely N-dealkylation sites (N-methyl/N-ethyl adjacent to an activating group) is 1. The van der Waals surface area contributed by atoms with E-state index < -0.39 is 17.8 Å². The maximum atomic E-state index is 12.8. The number of hydrazine groups is 1. The summed E-state index contributed by atoms with van der Waals surface area (Å²) in [4.78, 5) is 11.4. The van der Waals surface area contributed by atoms with Crippen LogP contribution in [0.5, 0.6) is 0 Å². The molecule has 4 N–H and O–H groups in total. The van der Waals surface area contributed by atoms with E-state index in [0.29, 0.717) is 5.56 Å². The van der Waals surface area contributed by atoms with Crippen molar-refractivity contribution in [1.29, 1.82) is 0 Å². The number of hydrogen-bond donors (Lipinski definition) is 2. The van der Waals surface area contributed by atoms with Crippen LogP contribution in [0, 0.1) is 5.82 Å². The number of rotatable bonds is 2. The third kappa shape index (κ3) is 2.65.